The SMILES string of the molecule is CCOCC(O)Cc1ccc(OC)c(OC)c1. The van der Waals surface area contributed by atoms with Gasteiger partial charge in [0.25, 0.3) is 0 Å². The van der Waals surface area contributed by atoms with Crippen LogP contribution in [0.5, 0.6) is 11.5 Å². The third-order valence-electron chi connectivity index (χ3n) is 2.43. The van der Waals surface area contributed by atoms with E-state index in [-0.39, 0.29) is 0 Å². The number of hydrogen-bond acceptors (Lipinski definition) is 4. The lowest BCUT2D eigenvalue weighted by molar-refractivity contribution is 0.0430. The van der Waals surface area contributed by atoms with Crippen LogP contribution in [0.4, 0.5) is 0 Å². The number of aliphatic hydroxyl groups excluding tert-OH is 1. The summed E-state index contributed by atoms with van der Waals surface area (Å²) in [7, 11) is 3.19. The summed E-state index contributed by atoms with van der Waals surface area (Å²) in [5.41, 5.74) is 0.995. The second-order valence-corrected chi connectivity index (χ2v) is 3.71. The van der Waals surface area contributed by atoms with E-state index in [1.807, 2.05) is 25.1 Å². The van der Waals surface area contributed by atoms with E-state index in [0.717, 1.165) is 5.56 Å². The highest BCUT2D eigenvalue weighted by atomic mass is 16.5. The molecule has 1 aromatic carbocycles. The summed E-state index contributed by atoms with van der Waals surface area (Å²) in [5.74, 6) is 1.36. The molecule has 96 valence electrons. The maximum atomic E-state index is 9.73. The molecule has 1 aromatic rings. The Balaban J connectivity index is 2.65. The van der Waals surface area contributed by atoms with E-state index in [0.29, 0.717) is 31.1 Å². The minimum atomic E-state index is -0.493. The van der Waals surface area contributed by atoms with Crippen LogP contribution in [0, 0.1) is 0 Å². The lowest BCUT2D eigenvalue weighted by Crippen LogP contribution is -2.18. The molecular weight excluding hydrogens is 220 g/mol. The summed E-state index contributed by atoms with van der Waals surface area (Å²) in [4.78, 5) is 0. The maximum Gasteiger partial charge on any atom is 0.160 e. The van der Waals surface area contributed by atoms with E-state index in [1.54, 1.807) is 14.2 Å². The van der Waals surface area contributed by atoms with Gasteiger partial charge in [0.15, 0.2) is 11.5 Å². The van der Waals surface area contributed by atoms with Crippen molar-refractivity contribution in [3.63, 3.8) is 0 Å². The Labute approximate surface area is 102 Å². The first-order valence-electron chi connectivity index (χ1n) is 5.68. The summed E-state index contributed by atoms with van der Waals surface area (Å²) in [6.07, 6.45) is 0.0495. The van der Waals surface area contributed by atoms with Crippen LogP contribution in [0.3, 0.4) is 0 Å². The fourth-order valence-corrected chi connectivity index (χ4v) is 1.59. The first-order chi connectivity index (χ1) is 8.21. The van der Waals surface area contributed by atoms with Crippen molar-refractivity contribution in [1.82, 2.24) is 0 Å². The first kappa shape index (κ1) is 13.8. The van der Waals surface area contributed by atoms with Crippen LogP contribution in [-0.4, -0.2) is 38.6 Å². The largest absolute Gasteiger partial charge is 0.493 e. The van der Waals surface area contributed by atoms with Gasteiger partial charge in [-0.25, -0.2) is 0 Å². The third kappa shape index (κ3) is 4.24. The molecule has 4 heteroatoms. The van der Waals surface area contributed by atoms with Crippen LogP contribution in [-0.2, 0) is 11.2 Å². The third-order valence-corrected chi connectivity index (χ3v) is 2.43. The molecule has 1 atom stereocenters. The molecule has 4 nitrogen and oxygen atoms in total. The molecule has 0 bridgehead atoms. The van der Waals surface area contributed by atoms with Gasteiger partial charge in [0.05, 0.1) is 26.9 Å². The molecule has 0 radical (unpaired) electrons. The topological polar surface area (TPSA) is 47.9 Å². The summed E-state index contributed by atoms with van der Waals surface area (Å²) < 4.78 is 15.5. The van der Waals surface area contributed by atoms with Crippen LogP contribution in [0.25, 0.3) is 0 Å². The monoisotopic (exact) mass is 240 g/mol. The smallest absolute Gasteiger partial charge is 0.160 e. The standard InChI is InChI=1S/C13H20O4/c1-4-17-9-11(14)7-10-5-6-12(15-2)13(8-10)16-3/h5-6,8,11,14H,4,7,9H2,1-3H3. The van der Waals surface area contributed by atoms with Crippen molar-refractivity contribution in [1.29, 1.82) is 0 Å². The lowest BCUT2D eigenvalue weighted by atomic mass is 10.1. The van der Waals surface area contributed by atoms with Crippen molar-refractivity contribution in [2.24, 2.45) is 0 Å². The molecule has 0 saturated heterocycles. The van der Waals surface area contributed by atoms with E-state index < -0.39 is 6.10 Å². The van der Waals surface area contributed by atoms with E-state index >= 15 is 0 Å². The van der Waals surface area contributed by atoms with Crippen molar-refractivity contribution >= 4 is 0 Å². The molecule has 0 aromatic heterocycles. The second kappa shape index (κ2) is 7.14. The molecule has 0 aliphatic heterocycles. The molecule has 0 fully saturated rings. The molecule has 0 aliphatic carbocycles. The number of ether oxygens (including phenoxy) is 3. The molecule has 1 N–H and O–H groups in total. The van der Waals surface area contributed by atoms with Gasteiger partial charge in [0, 0.05) is 13.0 Å². The zero-order valence-corrected chi connectivity index (χ0v) is 10.6. The van der Waals surface area contributed by atoms with E-state index in [9.17, 15) is 5.11 Å². The lowest BCUT2D eigenvalue weighted by Gasteiger charge is -2.13. The van der Waals surface area contributed by atoms with Gasteiger partial charge in [-0.05, 0) is 24.6 Å². The van der Waals surface area contributed by atoms with Gasteiger partial charge in [0.2, 0.25) is 0 Å². The van der Waals surface area contributed by atoms with Crippen LogP contribution in [0.1, 0.15) is 12.5 Å². The maximum absolute atomic E-state index is 9.73. The van der Waals surface area contributed by atoms with Gasteiger partial charge in [-0.15, -0.1) is 0 Å². The molecule has 1 unspecified atom stereocenters. The predicted molar refractivity (Wildman–Crippen MR) is 65.7 cm³/mol. The molecule has 0 spiro atoms. The van der Waals surface area contributed by atoms with Gasteiger partial charge < -0.3 is 19.3 Å². The van der Waals surface area contributed by atoms with E-state index in [2.05, 4.69) is 0 Å². The van der Waals surface area contributed by atoms with Crippen molar-refractivity contribution in [3.05, 3.63) is 23.8 Å². The predicted octanol–water partition coefficient (Wildman–Crippen LogP) is 1.64. The van der Waals surface area contributed by atoms with Crippen molar-refractivity contribution in [2.45, 2.75) is 19.4 Å². The molecule has 1 rings (SSSR count). The highest BCUT2D eigenvalue weighted by molar-refractivity contribution is 5.43. The number of methoxy groups -OCH3 is 2. The first-order valence-corrected chi connectivity index (χ1v) is 5.68. The normalized spacial score (nSPS) is 12.2. The van der Waals surface area contributed by atoms with Crippen LogP contribution >= 0.6 is 0 Å². The van der Waals surface area contributed by atoms with E-state index in [1.165, 1.54) is 0 Å². The Kier molecular flexibility index (Phi) is 5.80. The van der Waals surface area contributed by atoms with Gasteiger partial charge in [-0.1, -0.05) is 6.07 Å². The van der Waals surface area contributed by atoms with E-state index in [4.69, 9.17) is 14.2 Å². The second-order valence-electron chi connectivity index (χ2n) is 3.71. The van der Waals surface area contributed by atoms with Crippen LogP contribution < -0.4 is 9.47 Å². The fraction of sp³-hybridized carbons (Fsp3) is 0.538. The number of aliphatic hydroxyl groups is 1. The minimum absolute atomic E-state index is 0.352. The Morgan fingerprint density at radius 2 is 1.88 bits per heavy atom. The Hall–Kier alpha value is -1.26. The van der Waals surface area contributed by atoms with Gasteiger partial charge in [-0.2, -0.15) is 0 Å². The molecular formula is C13H20O4. The van der Waals surface area contributed by atoms with Gasteiger partial charge in [0.1, 0.15) is 0 Å². The Morgan fingerprint density at radius 3 is 2.47 bits per heavy atom. The summed E-state index contributed by atoms with van der Waals surface area (Å²) in [5, 5.41) is 9.73. The fourth-order valence-electron chi connectivity index (χ4n) is 1.59. The number of benzene rings is 1. The average molecular weight is 240 g/mol. The average Bonchev–Trinajstić information content (AvgIpc) is 2.36. The van der Waals surface area contributed by atoms with Gasteiger partial charge in [-0.3, -0.25) is 0 Å². The number of hydrogen-bond donors (Lipinski definition) is 1. The van der Waals surface area contributed by atoms with Crippen LogP contribution in [0.15, 0.2) is 18.2 Å². The van der Waals surface area contributed by atoms with Crippen LogP contribution in [0.2, 0.25) is 0 Å². The Morgan fingerprint density at radius 1 is 1.18 bits per heavy atom. The van der Waals surface area contributed by atoms with Crippen molar-refractivity contribution in [2.75, 3.05) is 27.4 Å². The summed E-state index contributed by atoms with van der Waals surface area (Å²) in [6.45, 7) is 2.87. The molecule has 0 saturated carbocycles. The summed E-state index contributed by atoms with van der Waals surface area (Å²) in [6, 6.07) is 5.62. The summed E-state index contributed by atoms with van der Waals surface area (Å²) >= 11 is 0. The molecule has 0 aliphatic rings. The minimum Gasteiger partial charge on any atom is -0.493 e. The molecule has 0 heterocycles. The zero-order chi connectivity index (χ0) is 12.7. The quantitative estimate of drug-likeness (QED) is 0.787. The van der Waals surface area contributed by atoms with Crippen molar-refractivity contribution < 1.29 is 19.3 Å². The Bertz CT molecular complexity index is 338. The van der Waals surface area contributed by atoms with Crippen molar-refractivity contribution in [3.8, 4) is 11.5 Å². The highest BCUT2D eigenvalue weighted by Gasteiger charge is 2.09. The number of rotatable bonds is 7. The highest BCUT2D eigenvalue weighted by Crippen LogP contribution is 2.27. The van der Waals surface area contributed by atoms with Gasteiger partial charge >= 0.3 is 0 Å². The zero-order valence-electron chi connectivity index (χ0n) is 10.6. The molecule has 0 amide bonds. The molecule has 17 heavy (non-hydrogen) atoms.